The van der Waals surface area contributed by atoms with Crippen molar-refractivity contribution >= 4 is 27.5 Å². The molecule has 6 nitrogen and oxygen atoms in total. The number of likely N-dealkylation sites (N-methyl/N-ethyl adjacent to an activating group) is 1. The minimum atomic E-state index is -3.72. The first-order valence-corrected chi connectivity index (χ1v) is 10.2. The van der Waals surface area contributed by atoms with Gasteiger partial charge in [-0.15, -0.1) is 0 Å². The Labute approximate surface area is 155 Å². The van der Waals surface area contributed by atoms with Gasteiger partial charge in [-0.2, -0.15) is 4.31 Å². The molecule has 1 aromatic carbocycles. The number of hydrogen-bond acceptors (Lipinski definition) is 4. The minimum absolute atomic E-state index is 0.0106. The van der Waals surface area contributed by atoms with Gasteiger partial charge in [-0.3, -0.25) is 4.79 Å². The maximum absolute atomic E-state index is 12.9. The number of hydrogen-bond donors (Lipinski definition) is 1. The van der Waals surface area contributed by atoms with E-state index in [1.807, 2.05) is 27.8 Å². The van der Waals surface area contributed by atoms with Crippen LogP contribution < -0.4 is 5.32 Å². The SMILES string of the molecule is CC(C)[C@H](C)NC(=O)c1ccc(Cl)c(S(=O)(=O)N2CCN(C)CC2)c1. The van der Waals surface area contributed by atoms with Gasteiger partial charge in [0, 0.05) is 37.8 Å². The van der Waals surface area contributed by atoms with Crippen molar-refractivity contribution in [3.8, 4) is 0 Å². The third kappa shape index (κ3) is 4.73. The number of nitrogens with one attached hydrogen (secondary N) is 1. The van der Waals surface area contributed by atoms with E-state index in [1.165, 1.54) is 16.4 Å². The van der Waals surface area contributed by atoms with E-state index in [9.17, 15) is 13.2 Å². The molecule has 1 N–H and O–H groups in total. The van der Waals surface area contributed by atoms with Crippen LogP contribution in [0.1, 0.15) is 31.1 Å². The number of rotatable bonds is 5. The van der Waals surface area contributed by atoms with E-state index in [2.05, 4.69) is 10.2 Å². The van der Waals surface area contributed by atoms with Crippen LogP contribution in [-0.2, 0) is 10.0 Å². The molecule has 0 radical (unpaired) electrons. The monoisotopic (exact) mass is 387 g/mol. The van der Waals surface area contributed by atoms with Gasteiger partial charge in [-0.1, -0.05) is 25.4 Å². The fourth-order valence-corrected chi connectivity index (χ4v) is 4.39. The maximum Gasteiger partial charge on any atom is 0.251 e. The number of carbonyl (C=O) groups excluding carboxylic acids is 1. The average molecular weight is 388 g/mol. The summed E-state index contributed by atoms with van der Waals surface area (Å²) in [5.41, 5.74) is 0.296. The quantitative estimate of drug-likeness (QED) is 0.839. The Hall–Kier alpha value is -1.15. The van der Waals surface area contributed by atoms with Crippen molar-refractivity contribution < 1.29 is 13.2 Å². The van der Waals surface area contributed by atoms with E-state index in [4.69, 9.17) is 11.6 Å². The van der Waals surface area contributed by atoms with Gasteiger partial charge in [-0.25, -0.2) is 8.42 Å². The molecule has 0 saturated carbocycles. The fourth-order valence-electron chi connectivity index (χ4n) is 2.47. The molecule has 1 atom stereocenters. The van der Waals surface area contributed by atoms with E-state index in [0.29, 0.717) is 31.7 Å². The van der Waals surface area contributed by atoms with Crippen molar-refractivity contribution in [1.82, 2.24) is 14.5 Å². The van der Waals surface area contributed by atoms with Crippen molar-refractivity contribution in [2.24, 2.45) is 5.92 Å². The van der Waals surface area contributed by atoms with Crippen LogP contribution in [0.2, 0.25) is 5.02 Å². The smallest absolute Gasteiger partial charge is 0.251 e. The second-order valence-corrected chi connectivity index (χ2v) is 9.17. The molecule has 1 aliphatic heterocycles. The Bertz CT molecular complexity index is 729. The van der Waals surface area contributed by atoms with Gasteiger partial charge in [0.05, 0.1) is 5.02 Å². The molecule has 1 heterocycles. The highest BCUT2D eigenvalue weighted by molar-refractivity contribution is 7.89. The maximum atomic E-state index is 12.9. The molecule has 25 heavy (non-hydrogen) atoms. The van der Waals surface area contributed by atoms with Crippen LogP contribution >= 0.6 is 11.6 Å². The molecule has 1 aliphatic rings. The van der Waals surface area contributed by atoms with E-state index in [1.54, 1.807) is 6.07 Å². The summed E-state index contributed by atoms with van der Waals surface area (Å²) in [5.74, 6) is -0.0162. The summed E-state index contributed by atoms with van der Waals surface area (Å²) in [5, 5.41) is 3.01. The van der Waals surface area contributed by atoms with E-state index < -0.39 is 10.0 Å². The predicted molar refractivity (Wildman–Crippen MR) is 99.5 cm³/mol. The van der Waals surface area contributed by atoms with Crippen molar-refractivity contribution in [3.05, 3.63) is 28.8 Å². The van der Waals surface area contributed by atoms with Crippen LogP contribution in [0.15, 0.2) is 23.1 Å². The molecule has 1 amide bonds. The van der Waals surface area contributed by atoms with E-state index in [-0.39, 0.29) is 27.8 Å². The largest absolute Gasteiger partial charge is 0.349 e. The second-order valence-electron chi connectivity index (χ2n) is 6.86. The Kier molecular flexibility index (Phi) is 6.48. The number of carbonyl (C=O) groups is 1. The molecule has 1 saturated heterocycles. The zero-order valence-corrected chi connectivity index (χ0v) is 16.7. The number of halogens is 1. The normalized spacial score (nSPS) is 18.3. The summed E-state index contributed by atoms with van der Waals surface area (Å²) in [6, 6.07) is 4.38. The number of amides is 1. The van der Waals surface area contributed by atoms with Crippen LogP contribution in [-0.4, -0.2) is 62.8 Å². The summed E-state index contributed by atoms with van der Waals surface area (Å²) >= 11 is 6.14. The van der Waals surface area contributed by atoms with Gasteiger partial charge in [0.2, 0.25) is 10.0 Å². The molecule has 0 aromatic heterocycles. The standard InChI is InChI=1S/C17H26ClN3O3S/c1-12(2)13(3)19-17(22)14-5-6-15(18)16(11-14)25(23,24)21-9-7-20(4)8-10-21/h5-6,11-13H,7-10H2,1-4H3,(H,19,22)/t13-/m0/s1. The summed E-state index contributed by atoms with van der Waals surface area (Å²) in [4.78, 5) is 14.5. The molecule has 0 bridgehead atoms. The average Bonchev–Trinajstić information content (AvgIpc) is 2.55. The van der Waals surface area contributed by atoms with E-state index in [0.717, 1.165) is 0 Å². The van der Waals surface area contributed by atoms with Gasteiger partial charge >= 0.3 is 0 Å². The summed E-state index contributed by atoms with van der Waals surface area (Å²) in [7, 11) is -1.77. The van der Waals surface area contributed by atoms with Gasteiger partial charge in [0.1, 0.15) is 4.90 Å². The lowest BCUT2D eigenvalue weighted by atomic mass is 10.1. The lowest BCUT2D eigenvalue weighted by molar-refractivity contribution is 0.0930. The Balaban J connectivity index is 2.28. The Morgan fingerprint density at radius 2 is 1.76 bits per heavy atom. The highest BCUT2D eigenvalue weighted by Gasteiger charge is 2.30. The van der Waals surface area contributed by atoms with Crippen LogP contribution in [0.25, 0.3) is 0 Å². The highest BCUT2D eigenvalue weighted by Crippen LogP contribution is 2.26. The number of piperazine rings is 1. The molecular formula is C17H26ClN3O3S. The number of sulfonamides is 1. The third-order valence-corrected chi connectivity index (χ3v) is 7.01. The molecule has 1 fully saturated rings. The molecular weight excluding hydrogens is 362 g/mol. The number of benzene rings is 1. The first kappa shape index (κ1) is 20.2. The Morgan fingerprint density at radius 1 is 1.16 bits per heavy atom. The summed E-state index contributed by atoms with van der Waals surface area (Å²) in [6.45, 7) is 8.10. The van der Waals surface area contributed by atoms with Crippen molar-refractivity contribution in [2.45, 2.75) is 31.7 Å². The van der Waals surface area contributed by atoms with Gasteiger partial charge in [0.25, 0.3) is 5.91 Å². The predicted octanol–water partition coefficient (Wildman–Crippen LogP) is 2.05. The van der Waals surface area contributed by atoms with E-state index >= 15 is 0 Å². The first-order valence-electron chi connectivity index (χ1n) is 8.42. The lowest BCUT2D eigenvalue weighted by Crippen LogP contribution is -2.47. The Morgan fingerprint density at radius 3 is 2.32 bits per heavy atom. The molecule has 0 unspecified atom stereocenters. The summed E-state index contributed by atoms with van der Waals surface area (Å²) in [6.07, 6.45) is 0. The molecule has 140 valence electrons. The topological polar surface area (TPSA) is 69.7 Å². The van der Waals surface area contributed by atoms with Crippen molar-refractivity contribution in [1.29, 1.82) is 0 Å². The zero-order valence-electron chi connectivity index (χ0n) is 15.1. The van der Waals surface area contributed by atoms with Crippen LogP contribution in [0.5, 0.6) is 0 Å². The van der Waals surface area contributed by atoms with Crippen LogP contribution in [0.3, 0.4) is 0 Å². The second kappa shape index (κ2) is 8.03. The van der Waals surface area contributed by atoms with Crippen molar-refractivity contribution in [3.63, 3.8) is 0 Å². The molecule has 8 heteroatoms. The molecule has 0 spiro atoms. The summed E-state index contributed by atoms with van der Waals surface area (Å²) < 4.78 is 27.2. The third-order valence-electron chi connectivity index (χ3n) is 4.63. The zero-order chi connectivity index (χ0) is 18.8. The van der Waals surface area contributed by atoms with Gasteiger partial charge < -0.3 is 10.2 Å². The van der Waals surface area contributed by atoms with Crippen LogP contribution in [0, 0.1) is 5.92 Å². The first-order chi connectivity index (χ1) is 11.6. The van der Waals surface area contributed by atoms with Gasteiger partial charge in [0.15, 0.2) is 0 Å². The van der Waals surface area contributed by atoms with Crippen LogP contribution in [0.4, 0.5) is 0 Å². The molecule has 2 rings (SSSR count). The van der Waals surface area contributed by atoms with Gasteiger partial charge in [-0.05, 0) is 38.1 Å². The molecule has 1 aromatic rings. The lowest BCUT2D eigenvalue weighted by Gasteiger charge is -2.31. The number of nitrogens with zero attached hydrogens (tertiary/aromatic N) is 2. The highest BCUT2D eigenvalue weighted by atomic mass is 35.5. The minimum Gasteiger partial charge on any atom is -0.349 e. The van der Waals surface area contributed by atoms with Crippen molar-refractivity contribution in [2.75, 3.05) is 33.2 Å². The molecule has 0 aliphatic carbocycles. The fraction of sp³-hybridized carbons (Fsp3) is 0.588.